The summed E-state index contributed by atoms with van der Waals surface area (Å²) in [4.78, 5) is 12.1. The molecule has 8 nitrogen and oxygen atoms in total. The SMILES string of the molecule is CCCCCCCCCCCCCCCCOCC(COP(=O)(O)OCCN1CCNCC1)OC. The lowest BCUT2D eigenvalue weighted by molar-refractivity contribution is -0.0224. The van der Waals surface area contributed by atoms with Crippen molar-refractivity contribution in [3.05, 3.63) is 0 Å². The molecule has 0 bridgehead atoms. The zero-order valence-electron chi connectivity index (χ0n) is 22.7. The van der Waals surface area contributed by atoms with Gasteiger partial charge in [0.2, 0.25) is 0 Å². The highest BCUT2D eigenvalue weighted by Gasteiger charge is 2.24. The summed E-state index contributed by atoms with van der Waals surface area (Å²) in [5, 5.41) is 3.27. The number of nitrogens with zero attached hydrogens (tertiary/aromatic N) is 1. The lowest BCUT2D eigenvalue weighted by Crippen LogP contribution is -2.44. The minimum Gasteiger partial charge on any atom is -0.379 e. The smallest absolute Gasteiger partial charge is 0.379 e. The van der Waals surface area contributed by atoms with Crippen molar-refractivity contribution in [1.29, 1.82) is 0 Å². The third-order valence-corrected chi connectivity index (χ3v) is 7.56. The van der Waals surface area contributed by atoms with Crippen LogP contribution in [0, 0.1) is 0 Å². The standard InChI is InChI=1S/C26H55N2O6P/c1-3-4-5-6-7-8-9-10-11-12-13-14-15-16-22-32-24-26(31-2)25-34-35(29,30)33-23-21-28-19-17-27-18-20-28/h26-27H,3-25H2,1-2H3,(H,29,30). The van der Waals surface area contributed by atoms with Crippen molar-refractivity contribution in [2.45, 2.75) is 103 Å². The van der Waals surface area contributed by atoms with Crippen molar-refractivity contribution in [3.8, 4) is 0 Å². The van der Waals surface area contributed by atoms with Crippen LogP contribution in [0.2, 0.25) is 0 Å². The van der Waals surface area contributed by atoms with Crippen LogP contribution in [0.4, 0.5) is 0 Å². The van der Waals surface area contributed by atoms with Gasteiger partial charge in [-0.15, -0.1) is 0 Å². The minimum absolute atomic E-state index is 0.0311. The first-order valence-corrected chi connectivity index (χ1v) is 15.7. The number of hydrogen-bond acceptors (Lipinski definition) is 7. The average molecular weight is 523 g/mol. The number of unbranched alkanes of at least 4 members (excludes halogenated alkanes) is 13. The van der Waals surface area contributed by atoms with E-state index >= 15 is 0 Å². The molecule has 210 valence electrons. The maximum Gasteiger partial charge on any atom is 0.472 e. The van der Waals surface area contributed by atoms with Gasteiger partial charge in [-0.3, -0.25) is 13.9 Å². The molecule has 0 spiro atoms. The fourth-order valence-corrected chi connectivity index (χ4v) is 4.97. The number of ether oxygens (including phenoxy) is 2. The summed E-state index contributed by atoms with van der Waals surface area (Å²) in [6.45, 7) is 7.75. The third kappa shape index (κ3) is 20.7. The van der Waals surface area contributed by atoms with Gasteiger partial charge in [0.25, 0.3) is 0 Å². The molecule has 0 aromatic heterocycles. The summed E-state index contributed by atoms with van der Waals surface area (Å²) in [6.07, 6.45) is 18.3. The Balaban J connectivity index is 1.89. The van der Waals surface area contributed by atoms with Crippen molar-refractivity contribution >= 4 is 7.82 Å². The molecule has 1 fully saturated rings. The second-order valence-corrected chi connectivity index (χ2v) is 11.2. The number of methoxy groups -OCH3 is 1. The molecular weight excluding hydrogens is 467 g/mol. The summed E-state index contributed by atoms with van der Waals surface area (Å²) < 4.78 is 33.3. The van der Waals surface area contributed by atoms with Gasteiger partial charge in [0.1, 0.15) is 6.10 Å². The summed E-state index contributed by atoms with van der Waals surface area (Å²) in [6, 6.07) is 0. The van der Waals surface area contributed by atoms with Crippen LogP contribution in [0.5, 0.6) is 0 Å². The van der Waals surface area contributed by atoms with E-state index in [-0.39, 0.29) is 19.3 Å². The Morgan fingerprint density at radius 1 is 0.800 bits per heavy atom. The van der Waals surface area contributed by atoms with Crippen molar-refractivity contribution in [2.24, 2.45) is 0 Å². The van der Waals surface area contributed by atoms with Crippen LogP contribution in [0.15, 0.2) is 0 Å². The number of hydrogen-bond donors (Lipinski definition) is 2. The molecule has 0 amide bonds. The fourth-order valence-electron chi connectivity index (χ4n) is 4.23. The zero-order chi connectivity index (χ0) is 25.5. The van der Waals surface area contributed by atoms with E-state index in [9.17, 15) is 9.46 Å². The predicted octanol–water partition coefficient (Wildman–Crippen LogP) is 5.54. The second-order valence-electron chi connectivity index (χ2n) is 9.72. The summed E-state index contributed by atoms with van der Waals surface area (Å²) in [7, 11) is -2.53. The summed E-state index contributed by atoms with van der Waals surface area (Å²) in [5.41, 5.74) is 0. The Morgan fingerprint density at radius 3 is 1.89 bits per heavy atom. The number of nitrogens with one attached hydrogen (secondary N) is 1. The highest BCUT2D eigenvalue weighted by atomic mass is 31.2. The molecule has 0 saturated carbocycles. The second kappa shape index (κ2) is 23.1. The number of rotatable bonds is 25. The van der Waals surface area contributed by atoms with Crippen LogP contribution in [0.3, 0.4) is 0 Å². The average Bonchev–Trinajstić information content (AvgIpc) is 2.86. The molecule has 1 rings (SSSR count). The first kappa shape index (κ1) is 33.0. The molecule has 35 heavy (non-hydrogen) atoms. The van der Waals surface area contributed by atoms with Gasteiger partial charge < -0.3 is 19.7 Å². The normalized spacial score (nSPS) is 17.5. The molecule has 1 heterocycles. The van der Waals surface area contributed by atoms with E-state index in [0.29, 0.717) is 19.8 Å². The van der Waals surface area contributed by atoms with E-state index < -0.39 is 7.82 Å². The molecular formula is C26H55N2O6P. The lowest BCUT2D eigenvalue weighted by atomic mass is 10.0. The van der Waals surface area contributed by atoms with Gasteiger partial charge in [0.05, 0.1) is 19.8 Å². The minimum atomic E-state index is -4.08. The van der Waals surface area contributed by atoms with Crippen molar-refractivity contribution in [2.75, 3.05) is 66.3 Å². The third-order valence-electron chi connectivity index (χ3n) is 6.57. The molecule has 2 unspecified atom stereocenters. The molecule has 0 aliphatic carbocycles. The topological polar surface area (TPSA) is 89.5 Å². The highest BCUT2D eigenvalue weighted by Crippen LogP contribution is 2.43. The molecule has 1 aliphatic heterocycles. The molecule has 2 atom stereocenters. The Hall–Kier alpha value is -0.0500. The van der Waals surface area contributed by atoms with Gasteiger partial charge in [0.15, 0.2) is 0 Å². The van der Waals surface area contributed by atoms with Gasteiger partial charge in [0, 0.05) is 46.4 Å². The highest BCUT2D eigenvalue weighted by molar-refractivity contribution is 7.47. The molecule has 0 aromatic rings. The van der Waals surface area contributed by atoms with E-state index in [1.54, 1.807) is 7.11 Å². The van der Waals surface area contributed by atoms with Crippen molar-refractivity contribution in [3.63, 3.8) is 0 Å². The van der Waals surface area contributed by atoms with E-state index in [4.69, 9.17) is 18.5 Å². The van der Waals surface area contributed by atoms with Crippen LogP contribution in [-0.2, 0) is 23.1 Å². The number of phosphoric ester groups is 1. The van der Waals surface area contributed by atoms with Gasteiger partial charge in [-0.05, 0) is 6.42 Å². The first-order valence-electron chi connectivity index (χ1n) is 14.2. The quantitative estimate of drug-likeness (QED) is 0.119. The van der Waals surface area contributed by atoms with E-state index in [1.165, 1.54) is 83.5 Å². The maximum absolute atomic E-state index is 12.1. The number of phosphoric acid groups is 1. The molecule has 1 saturated heterocycles. The van der Waals surface area contributed by atoms with Crippen LogP contribution in [-0.4, -0.2) is 82.2 Å². The zero-order valence-corrected chi connectivity index (χ0v) is 23.6. The van der Waals surface area contributed by atoms with Crippen molar-refractivity contribution < 1.29 is 28.0 Å². The first-order chi connectivity index (χ1) is 17.1. The van der Waals surface area contributed by atoms with Crippen molar-refractivity contribution in [1.82, 2.24) is 10.2 Å². The molecule has 0 aromatic carbocycles. The Kier molecular flexibility index (Phi) is 21.8. The molecule has 2 N–H and O–H groups in total. The Morgan fingerprint density at radius 2 is 1.34 bits per heavy atom. The van der Waals surface area contributed by atoms with Gasteiger partial charge in [-0.1, -0.05) is 90.4 Å². The summed E-state index contributed by atoms with van der Waals surface area (Å²) in [5.74, 6) is 0. The Bertz CT molecular complexity index is 508. The maximum atomic E-state index is 12.1. The summed E-state index contributed by atoms with van der Waals surface area (Å²) >= 11 is 0. The number of piperazine rings is 1. The van der Waals surface area contributed by atoms with E-state index in [1.807, 2.05) is 0 Å². The monoisotopic (exact) mass is 522 g/mol. The largest absolute Gasteiger partial charge is 0.472 e. The van der Waals surface area contributed by atoms with Gasteiger partial charge in [-0.25, -0.2) is 4.57 Å². The molecule has 1 aliphatic rings. The Labute approximate surface area is 215 Å². The van der Waals surface area contributed by atoms with Gasteiger partial charge >= 0.3 is 7.82 Å². The van der Waals surface area contributed by atoms with Crippen LogP contribution in [0.25, 0.3) is 0 Å². The van der Waals surface area contributed by atoms with E-state index in [0.717, 1.165) is 32.6 Å². The lowest BCUT2D eigenvalue weighted by Gasteiger charge is -2.27. The van der Waals surface area contributed by atoms with Gasteiger partial charge in [-0.2, -0.15) is 0 Å². The molecule has 0 radical (unpaired) electrons. The van der Waals surface area contributed by atoms with Crippen LogP contribution >= 0.6 is 7.82 Å². The van der Waals surface area contributed by atoms with Crippen LogP contribution < -0.4 is 5.32 Å². The predicted molar refractivity (Wildman–Crippen MR) is 143 cm³/mol. The molecule has 9 heteroatoms. The van der Waals surface area contributed by atoms with E-state index in [2.05, 4.69) is 17.1 Å². The fraction of sp³-hybridized carbons (Fsp3) is 1.00. The van der Waals surface area contributed by atoms with Crippen LogP contribution in [0.1, 0.15) is 96.8 Å².